The highest BCUT2D eigenvalue weighted by Gasteiger charge is 2.23. The standard InChI is InChI=1S/C14H24N2S/c1-3-15-11-13-6-8-16(9-7-13)12(2)14-5-4-10-17-14/h4-5,10,12-13,15H,3,6-9,11H2,1-2H3. The number of hydrogen-bond donors (Lipinski definition) is 1. The zero-order valence-corrected chi connectivity index (χ0v) is 11.8. The Labute approximate surface area is 109 Å². The number of hydrogen-bond acceptors (Lipinski definition) is 3. The lowest BCUT2D eigenvalue weighted by molar-refractivity contribution is 0.142. The van der Waals surface area contributed by atoms with E-state index in [0.29, 0.717) is 6.04 Å². The van der Waals surface area contributed by atoms with Crippen molar-refractivity contribution in [2.24, 2.45) is 5.92 Å². The molecule has 1 aromatic heterocycles. The Bertz CT molecular complexity index is 302. The normalized spacial score (nSPS) is 20.6. The fraction of sp³-hybridized carbons (Fsp3) is 0.714. The molecule has 1 unspecified atom stereocenters. The van der Waals surface area contributed by atoms with Gasteiger partial charge in [0, 0.05) is 10.9 Å². The largest absolute Gasteiger partial charge is 0.317 e. The molecule has 0 aromatic carbocycles. The van der Waals surface area contributed by atoms with Gasteiger partial charge in [-0.3, -0.25) is 4.90 Å². The Morgan fingerprint density at radius 2 is 2.24 bits per heavy atom. The fourth-order valence-electron chi connectivity index (χ4n) is 2.60. The first-order valence-electron chi connectivity index (χ1n) is 6.79. The van der Waals surface area contributed by atoms with Crippen LogP contribution >= 0.6 is 11.3 Å². The summed E-state index contributed by atoms with van der Waals surface area (Å²) in [6.45, 7) is 9.36. The van der Waals surface area contributed by atoms with Crippen LogP contribution in [-0.2, 0) is 0 Å². The maximum absolute atomic E-state index is 3.47. The van der Waals surface area contributed by atoms with E-state index in [0.717, 1.165) is 12.5 Å². The van der Waals surface area contributed by atoms with Crippen molar-refractivity contribution in [3.05, 3.63) is 22.4 Å². The zero-order chi connectivity index (χ0) is 12.1. The van der Waals surface area contributed by atoms with Gasteiger partial charge < -0.3 is 5.32 Å². The van der Waals surface area contributed by atoms with E-state index in [1.807, 2.05) is 11.3 Å². The van der Waals surface area contributed by atoms with Crippen molar-refractivity contribution in [1.82, 2.24) is 10.2 Å². The molecular weight excluding hydrogens is 228 g/mol. The van der Waals surface area contributed by atoms with Crippen LogP contribution in [0.25, 0.3) is 0 Å². The smallest absolute Gasteiger partial charge is 0.0413 e. The van der Waals surface area contributed by atoms with Crippen LogP contribution in [0.2, 0.25) is 0 Å². The average molecular weight is 252 g/mol. The minimum absolute atomic E-state index is 0.607. The molecule has 3 heteroatoms. The van der Waals surface area contributed by atoms with Gasteiger partial charge in [0.15, 0.2) is 0 Å². The monoisotopic (exact) mass is 252 g/mol. The van der Waals surface area contributed by atoms with E-state index < -0.39 is 0 Å². The Morgan fingerprint density at radius 1 is 1.47 bits per heavy atom. The van der Waals surface area contributed by atoms with Crippen LogP contribution in [0.3, 0.4) is 0 Å². The summed E-state index contributed by atoms with van der Waals surface area (Å²) in [6.07, 6.45) is 2.70. The third-order valence-corrected chi connectivity index (χ3v) is 4.88. The number of rotatable bonds is 5. The lowest BCUT2D eigenvalue weighted by Gasteiger charge is -2.35. The topological polar surface area (TPSA) is 15.3 Å². The second-order valence-electron chi connectivity index (χ2n) is 4.98. The van der Waals surface area contributed by atoms with Crippen LogP contribution in [0, 0.1) is 5.92 Å². The van der Waals surface area contributed by atoms with Gasteiger partial charge in [0.25, 0.3) is 0 Å². The molecule has 0 radical (unpaired) electrons. The number of likely N-dealkylation sites (tertiary alicyclic amines) is 1. The molecule has 0 bridgehead atoms. The van der Waals surface area contributed by atoms with E-state index in [4.69, 9.17) is 0 Å². The lowest BCUT2D eigenvalue weighted by atomic mass is 9.95. The molecule has 1 saturated heterocycles. The number of nitrogens with zero attached hydrogens (tertiary/aromatic N) is 1. The summed E-state index contributed by atoms with van der Waals surface area (Å²) in [5.41, 5.74) is 0. The summed E-state index contributed by atoms with van der Waals surface area (Å²) >= 11 is 1.89. The molecule has 1 N–H and O–H groups in total. The molecule has 2 nitrogen and oxygen atoms in total. The summed E-state index contributed by atoms with van der Waals surface area (Å²) in [5.74, 6) is 0.890. The number of thiophene rings is 1. The maximum Gasteiger partial charge on any atom is 0.0413 e. The van der Waals surface area contributed by atoms with E-state index in [9.17, 15) is 0 Å². The first kappa shape index (κ1) is 13.1. The molecule has 0 aliphatic carbocycles. The summed E-state index contributed by atoms with van der Waals surface area (Å²) in [4.78, 5) is 4.14. The van der Waals surface area contributed by atoms with Crippen LogP contribution in [0.1, 0.15) is 37.6 Å². The van der Waals surface area contributed by atoms with Crippen LogP contribution in [0.15, 0.2) is 17.5 Å². The summed E-state index contributed by atoms with van der Waals surface area (Å²) in [5, 5.41) is 5.66. The molecule has 1 atom stereocenters. The molecule has 1 fully saturated rings. The van der Waals surface area contributed by atoms with Gasteiger partial charge in [-0.05, 0) is 63.3 Å². The Balaban J connectivity index is 1.79. The Kier molecular flexibility index (Phi) is 5.01. The van der Waals surface area contributed by atoms with Crippen molar-refractivity contribution in [1.29, 1.82) is 0 Å². The van der Waals surface area contributed by atoms with Gasteiger partial charge in [-0.15, -0.1) is 11.3 Å². The van der Waals surface area contributed by atoms with Crippen LogP contribution in [-0.4, -0.2) is 31.1 Å². The third-order valence-electron chi connectivity index (χ3n) is 3.83. The van der Waals surface area contributed by atoms with Crippen molar-refractivity contribution in [2.75, 3.05) is 26.2 Å². The number of piperidine rings is 1. The van der Waals surface area contributed by atoms with E-state index in [1.54, 1.807) is 0 Å². The van der Waals surface area contributed by atoms with Crippen molar-refractivity contribution >= 4 is 11.3 Å². The summed E-state index contributed by atoms with van der Waals surface area (Å²) in [7, 11) is 0. The highest BCUT2D eigenvalue weighted by Crippen LogP contribution is 2.28. The quantitative estimate of drug-likeness (QED) is 0.866. The second-order valence-corrected chi connectivity index (χ2v) is 5.96. The zero-order valence-electron chi connectivity index (χ0n) is 11.0. The molecule has 1 aliphatic rings. The van der Waals surface area contributed by atoms with Crippen molar-refractivity contribution in [2.45, 2.75) is 32.7 Å². The number of nitrogens with one attached hydrogen (secondary N) is 1. The molecule has 2 heterocycles. The van der Waals surface area contributed by atoms with Gasteiger partial charge in [-0.2, -0.15) is 0 Å². The second kappa shape index (κ2) is 6.53. The molecule has 1 aromatic rings. The van der Waals surface area contributed by atoms with Gasteiger partial charge in [-0.1, -0.05) is 13.0 Å². The van der Waals surface area contributed by atoms with E-state index in [2.05, 4.69) is 41.6 Å². The summed E-state index contributed by atoms with van der Waals surface area (Å²) in [6, 6.07) is 5.03. The van der Waals surface area contributed by atoms with Gasteiger partial charge in [0.2, 0.25) is 0 Å². The highest BCUT2D eigenvalue weighted by molar-refractivity contribution is 7.10. The fourth-order valence-corrected chi connectivity index (χ4v) is 3.42. The Morgan fingerprint density at radius 3 is 2.82 bits per heavy atom. The van der Waals surface area contributed by atoms with E-state index in [1.165, 1.54) is 37.4 Å². The van der Waals surface area contributed by atoms with Gasteiger partial charge in [0.05, 0.1) is 0 Å². The van der Waals surface area contributed by atoms with Crippen molar-refractivity contribution in [3.63, 3.8) is 0 Å². The molecule has 0 amide bonds. The Hall–Kier alpha value is -0.380. The van der Waals surface area contributed by atoms with Crippen LogP contribution in [0.4, 0.5) is 0 Å². The lowest BCUT2D eigenvalue weighted by Crippen LogP contribution is -2.38. The molecule has 96 valence electrons. The van der Waals surface area contributed by atoms with Crippen LogP contribution in [0.5, 0.6) is 0 Å². The molecule has 0 saturated carbocycles. The summed E-state index contributed by atoms with van der Waals surface area (Å²) < 4.78 is 0. The molecular formula is C14H24N2S. The van der Waals surface area contributed by atoms with Gasteiger partial charge in [-0.25, -0.2) is 0 Å². The van der Waals surface area contributed by atoms with Crippen molar-refractivity contribution in [3.8, 4) is 0 Å². The minimum atomic E-state index is 0.607. The SMILES string of the molecule is CCNCC1CCN(C(C)c2cccs2)CC1. The third kappa shape index (κ3) is 3.54. The van der Waals surface area contributed by atoms with Gasteiger partial charge >= 0.3 is 0 Å². The minimum Gasteiger partial charge on any atom is -0.317 e. The molecule has 17 heavy (non-hydrogen) atoms. The predicted octanol–water partition coefficient (Wildman–Crippen LogP) is 3.13. The van der Waals surface area contributed by atoms with E-state index in [-0.39, 0.29) is 0 Å². The molecule has 2 rings (SSSR count). The van der Waals surface area contributed by atoms with Crippen LogP contribution < -0.4 is 5.32 Å². The first-order chi connectivity index (χ1) is 8.31. The molecule has 0 spiro atoms. The average Bonchev–Trinajstić information content (AvgIpc) is 2.90. The highest BCUT2D eigenvalue weighted by atomic mass is 32.1. The van der Waals surface area contributed by atoms with Crippen molar-refractivity contribution < 1.29 is 0 Å². The first-order valence-corrected chi connectivity index (χ1v) is 7.67. The van der Waals surface area contributed by atoms with Gasteiger partial charge in [0.1, 0.15) is 0 Å². The predicted molar refractivity (Wildman–Crippen MR) is 75.6 cm³/mol. The molecule has 1 aliphatic heterocycles. The van der Waals surface area contributed by atoms with E-state index >= 15 is 0 Å². The maximum atomic E-state index is 3.47.